The van der Waals surface area contributed by atoms with Crippen LogP contribution in [0.4, 0.5) is 4.79 Å². The van der Waals surface area contributed by atoms with Gasteiger partial charge in [0, 0.05) is 25.0 Å². The van der Waals surface area contributed by atoms with E-state index in [-0.39, 0.29) is 17.5 Å². The summed E-state index contributed by atoms with van der Waals surface area (Å²) in [6, 6.07) is 0. The Labute approximate surface area is 114 Å². The highest BCUT2D eigenvalue weighted by Gasteiger charge is 2.39. The summed E-state index contributed by atoms with van der Waals surface area (Å²) in [6.45, 7) is 7.01. The Kier molecular flexibility index (Phi) is 3.74. The van der Waals surface area contributed by atoms with E-state index in [1.54, 1.807) is 4.90 Å². The molecule has 0 aromatic carbocycles. The molecule has 2 heterocycles. The van der Waals surface area contributed by atoms with E-state index < -0.39 is 5.60 Å². The van der Waals surface area contributed by atoms with Gasteiger partial charge in [0.15, 0.2) is 0 Å². The second kappa shape index (κ2) is 5.02. The molecule has 5 heteroatoms. The summed E-state index contributed by atoms with van der Waals surface area (Å²) in [4.78, 5) is 25.2. The predicted molar refractivity (Wildman–Crippen MR) is 71.8 cm³/mol. The molecule has 2 fully saturated rings. The second-order valence-corrected chi connectivity index (χ2v) is 6.65. The van der Waals surface area contributed by atoms with Gasteiger partial charge >= 0.3 is 6.09 Å². The number of hydrogen-bond donors (Lipinski definition) is 1. The number of ether oxygens (including phenoxy) is 1. The molecule has 0 aromatic rings. The largest absolute Gasteiger partial charge is 0.444 e. The van der Waals surface area contributed by atoms with Gasteiger partial charge in [-0.15, -0.1) is 0 Å². The lowest BCUT2D eigenvalue weighted by molar-refractivity contribution is -0.119. The second-order valence-electron chi connectivity index (χ2n) is 6.65. The minimum absolute atomic E-state index is 0.0755. The maximum atomic E-state index is 12.1. The summed E-state index contributed by atoms with van der Waals surface area (Å²) < 4.78 is 5.40. The Morgan fingerprint density at radius 1 is 1.26 bits per heavy atom. The van der Waals surface area contributed by atoms with Crippen LogP contribution in [0.2, 0.25) is 0 Å². The van der Waals surface area contributed by atoms with Crippen molar-refractivity contribution in [2.24, 2.45) is 0 Å². The third-order valence-corrected chi connectivity index (χ3v) is 3.83. The molecule has 2 aliphatic heterocycles. The highest BCUT2D eigenvalue weighted by Crippen LogP contribution is 2.31. The Hall–Kier alpha value is -1.26. The third-order valence-electron chi connectivity index (χ3n) is 3.83. The van der Waals surface area contributed by atoms with Crippen molar-refractivity contribution < 1.29 is 14.3 Å². The van der Waals surface area contributed by atoms with Gasteiger partial charge in [-0.25, -0.2) is 4.79 Å². The maximum Gasteiger partial charge on any atom is 0.410 e. The molecule has 19 heavy (non-hydrogen) atoms. The Bertz CT molecular complexity index is 375. The fourth-order valence-corrected chi connectivity index (χ4v) is 2.85. The van der Waals surface area contributed by atoms with Gasteiger partial charge in [-0.2, -0.15) is 0 Å². The van der Waals surface area contributed by atoms with Crippen LogP contribution in [0.25, 0.3) is 0 Å². The van der Waals surface area contributed by atoms with Gasteiger partial charge < -0.3 is 15.0 Å². The molecular weight excluding hydrogens is 244 g/mol. The minimum Gasteiger partial charge on any atom is -0.444 e. The molecule has 2 saturated heterocycles. The van der Waals surface area contributed by atoms with Gasteiger partial charge in [0.25, 0.3) is 0 Å². The highest BCUT2D eigenvalue weighted by atomic mass is 16.6. The van der Waals surface area contributed by atoms with Crippen molar-refractivity contribution >= 4 is 12.0 Å². The zero-order valence-corrected chi connectivity index (χ0v) is 12.1. The van der Waals surface area contributed by atoms with Gasteiger partial charge in [-0.1, -0.05) is 0 Å². The van der Waals surface area contributed by atoms with E-state index in [0.29, 0.717) is 19.5 Å². The third kappa shape index (κ3) is 3.61. The molecule has 1 spiro atoms. The highest BCUT2D eigenvalue weighted by molar-refractivity contribution is 5.79. The Balaban J connectivity index is 1.93. The normalized spacial score (nSPS) is 28.2. The Morgan fingerprint density at radius 2 is 2.00 bits per heavy atom. The van der Waals surface area contributed by atoms with Crippen LogP contribution in [0.3, 0.4) is 0 Å². The maximum absolute atomic E-state index is 12.1. The zero-order chi connectivity index (χ0) is 14.1. The summed E-state index contributed by atoms with van der Waals surface area (Å²) >= 11 is 0. The molecule has 0 saturated carbocycles. The van der Waals surface area contributed by atoms with Crippen molar-refractivity contribution in [2.75, 3.05) is 13.1 Å². The van der Waals surface area contributed by atoms with Crippen LogP contribution in [-0.4, -0.2) is 41.1 Å². The van der Waals surface area contributed by atoms with Crippen LogP contribution in [0.1, 0.15) is 52.9 Å². The van der Waals surface area contributed by atoms with Crippen molar-refractivity contribution in [1.29, 1.82) is 0 Å². The Morgan fingerprint density at radius 3 is 2.58 bits per heavy atom. The van der Waals surface area contributed by atoms with Crippen LogP contribution in [0.15, 0.2) is 0 Å². The lowest BCUT2D eigenvalue weighted by Crippen LogP contribution is -2.43. The van der Waals surface area contributed by atoms with Crippen LogP contribution in [0.5, 0.6) is 0 Å². The number of carbonyl (C=O) groups is 2. The van der Waals surface area contributed by atoms with Crippen LogP contribution >= 0.6 is 0 Å². The van der Waals surface area contributed by atoms with Crippen LogP contribution in [0, 0.1) is 0 Å². The molecular formula is C14H24N2O3. The lowest BCUT2D eigenvalue weighted by atomic mass is 9.89. The fraction of sp³-hybridized carbons (Fsp3) is 0.857. The molecule has 1 atom stereocenters. The molecule has 0 bridgehead atoms. The van der Waals surface area contributed by atoms with Gasteiger partial charge in [-0.3, -0.25) is 4.79 Å². The smallest absolute Gasteiger partial charge is 0.410 e. The molecule has 1 N–H and O–H groups in total. The first-order chi connectivity index (χ1) is 8.80. The van der Waals surface area contributed by atoms with Gasteiger partial charge in [-0.05, 0) is 46.5 Å². The van der Waals surface area contributed by atoms with Gasteiger partial charge in [0.1, 0.15) is 5.60 Å². The van der Waals surface area contributed by atoms with E-state index in [1.807, 2.05) is 20.8 Å². The number of carbonyl (C=O) groups excluding carboxylic acids is 2. The first-order valence-corrected chi connectivity index (χ1v) is 7.09. The number of amides is 2. The van der Waals surface area contributed by atoms with E-state index in [9.17, 15) is 9.59 Å². The first-order valence-electron chi connectivity index (χ1n) is 7.09. The van der Waals surface area contributed by atoms with Gasteiger partial charge in [0.05, 0.1) is 0 Å². The molecule has 1 unspecified atom stereocenters. The number of hydrogen-bond acceptors (Lipinski definition) is 3. The van der Waals surface area contributed by atoms with Crippen molar-refractivity contribution in [3.8, 4) is 0 Å². The molecule has 0 aliphatic carbocycles. The topological polar surface area (TPSA) is 58.6 Å². The van der Waals surface area contributed by atoms with E-state index >= 15 is 0 Å². The molecule has 0 radical (unpaired) electrons. The zero-order valence-electron chi connectivity index (χ0n) is 12.1. The fourth-order valence-electron chi connectivity index (χ4n) is 2.85. The summed E-state index contributed by atoms with van der Waals surface area (Å²) in [5, 5.41) is 3.10. The van der Waals surface area contributed by atoms with Crippen LogP contribution < -0.4 is 5.32 Å². The summed E-state index contributed by atoms with van der Waals surface area (Å²) in [5.74, 6) is 0.144. The monoisotopic (exact) mass is 268 g/mol. The molecule has 2 aliphatic rings. The SMILES string of the molecule is CC(C)(C)OC(=O)N1CCCC2(CCC(=O)N2)CC1. The molecule has 2 rings (SSSR count). The quantitative estimate of drug-likeness (QED) is 0.731. The standard InChI is InChI=1S/C14H24N2O3/c1-13(2,3)19-12(18)16-9-4-6-14(8-10-16)7-5-11(17)15-14/h4-10H2,1-3H3,(H,15,17). The summed E-state index contributed by atoms with van der Waals surface area (Å²) in [7, 11) is 0. The van der Waals surface area contributed by atoms with Crippen molar-refractivity contribution in [3.05, 3.63) is 0 Å². The predicted octanol–water partition coefficient (Wildman–Crippen LogP) is 2.06. The minimum atomic E-state index is -0.456. The molecule has 108 valence electrons. The van der Waals surface area contributed by atoms with Crippen molar-refractivity contribution in [2.45, 2.75) is 64.0 Å². The number of likely N-dealkylation sites (tertiary alicyclic amines) is 1. The van der Waals surface area contributed by atoms with Crippen molar-refractivity contribution in [1.82, 2.24) is 10.2 Å². The summed E-state index contributed by atoms with van der Waals surface area (Å²) in [6.07, 6.45) is 3.98. The molecule has 5 nitrogen and oxygen atoms in total. The van der Waals surface area contributed by atoms with E-state index in [1.165, 1.54) is 0 Å². The first kappa shape index (κ1) is 14.2. The number of rotatable bonds is 0. The van der Waals surface area contributed by atoms with Gasteiger partial charge in [0.2, 0.25) is 5.91 Å². The van der Waals surface area contributed by atoms with Crippen molar-refractivity contribution in [3.63, 3.8) is 0 Å². The lowest BCUT2D eigenvalue weighted by Gasteiger charge is -2.28. The van der Waals surface area contributed by atoms with E-state index in [0.717, 1.165) is 25.7 Å². The molecule has 2 amide bonds. The number of nitrogens with zero attached hydrogens (tertiary/aromatic N) is 1. The van der Waals surface area contributed by atoms with Crippen LogP contribution in [-0.2, 0) is 9.53 Å². The summed E-state index contributed by atoms with van der Waals surface area (Å²) in [5.41, 5.74) is -0.531. The number of nitrogens with one attached hydrogen (secondary N) is 1. The average Bonchev–Trinajstić information content (AvgIpc) is 2.52. The average molecular weight is 268 g/mol. The van der Waals surface area contributed by atoms with E-state index in [2.05, 4.69) is 5.32 Å². The molecule has 0 aromatic heterocycles. The van der Waals surface area contributed by atoms with E-state index in [4.69, 9.17) is 4.74 Å².